The number of carbonyl (C=O) groups excluding carboxylic acids is 1. The topological polar surface area (TPSA) is 64.3 Å². The third-order valence-electron chi connectivity index (χ3n) is 3.74. The van der Waals surface area contributed by atoms with Crippen LogP contribution in [0.2, 0.25) is 0 Å². The van der Waals surface area contributed by atoms with Crippen molar-refractivity contribution in [2.75, 3.05) is 13.2 Å². The Balaban J connectivity index is 0.00000200. The van der Waals surface area contributed by atoms with E-state index in [1.807, 2.05) is 19.1 Å². The van der Waals surface area contributed by atoms with Gasteiger partial charge in [0.05, 0.1) is 12.1 Å². The molecule has 5 heteroatoms. The molecular weight excluding hydrogens is 276 g/mol. The van der Waals surface area contributed by atoms with Crippen LogP contribution in [0.4, 0.5) is 0 Å². The Morgan fingerprint density at radius 2 is 2.10 bits per heavy atom. The number of hydrogen-bond acceptors (Lipinski definition) is 3. The van der Waals surface area contributed by atoms with Gasteiger partial charge in [-0.25, -0.2) is 0 Å². The zero-order chi connectivity index (χ0) is 13.7. The number of rotatable bonds is 5. The molecule has 1 aromatic rings. The molecule has 20 heavy (non-hydrogen) atoms. The van der Waals surface area contributed by atoms with Crippen molar-refractivity contribution in [2.45, 2.75) is 38.1 Å². The lowest BCUT2D eigenvalue weighted by molar-refractivity contribution is 0.0902. The fourth-order valence-corrected chi connectivity index (χ4v) is 2.64. The van der Waals surface area contributed by atoms with Gasteiger partial charge in [-0.15, -0.1) is 12.4 Å². The minimum atomic E-state index is -0.210. The number of nitrogens with two attached hydrogens (primary N) is 1. The number of halogens is 1. The van der Waals surface area contributed by atoms with Gasteiger partial charge in [-0.3, -0.25) is 4.79 Å². The van der Waals surface area contributed by atoms with Crippen molar-refractivity contribution in [2.24, 2.45) is 5.73 Å². The van der Waals surface area contributed by atoms with Crippen molar-refractivity contribution in [1.82, 2.24) is 5.32 Å². The molecule has 0 radical (unpaired) electrons. The summed E-state index contributed by atoms with van der Waals surface area (Å²) in [5.41, 5.74) is 6.25. The second-order valence-electron chi connectivity index (χ2n) is 5.11. The highest BCUT2D eigenvalue weighted by atomic mass is 35.5. The van der Waals surface area contributed by atoms with Gasteiger partial charge >= 0.3 is 0 Å². The third kappa shape index (κ3) is 3.87. The Hall–Kier alpha value is -1.26. The molecule has 0 saturated heterocycles. The van der Waals surface area contributed by atoms with Gasteiger partial charge in [0.1, 0.15) is 5.75 Å². The second-order valence-corrected chi connectivity index (χ2v) is 5.11. The van der Waals surface area contributed by atoms with Gasteiger partial charge in [-0.05, 0) is 38.0 Å². The molecule has 3 N–H and O–H groups in total. The van der Waals surface area contributed by atoms with Crippen LogP contribution in [0, 0.1) is 0 Å². The lowest BCUT2D eigenvalue weighted by atomic mass is 9.97. The van der Waals surface area contributed by atoms with E-state index in [1.165, 1.54) is 0 Å². The molecule has 1 aromatic carbocycles. The Morgan fingerprint density at radius 1 is 1.40 bits per heavy atom. The molecule has 1 amide bonds. The number of ether oxygens (including phenoxy) is 1. The minimum absolute atomic E-state index is 0. The highest BCUT2D eigenvalue weighted by Crippen LogP contribution is 2.29. The van der Waals surface area contributed by atoms with Crippen LogP contribution < -0.4 is 15.8 Å². The predicted molar refractivity (Wildman–Crippen MR) is 82.6 cm³/mol. The quantitative estimate of drug-likeness (QED) is 0.878. The lowest BCUT2D eigenvalue weighted by Gasteiger charge is -2.28. The molecule has 112 valence electrons. The highest BCUT2D eigenvalue weighted by Gasteiger charge is 2.34. The maximum Gasteiger partial charge on any atom is 0.251 e. The van der Waals surface area contributed by atoms with E-state index in [0.717, 1.165) is 31.4 Å². The molecule has 0 spiro atoms. The van der Waals surface area contributed by atoms with E-state index in [-0.39, 0.29) is 23.9 Å². The van der Waals surface area contributed by atoms with E-state index in [2.05, 4.69) is 5.32 Å². The lowest BCUT2D eigenvalue weighted by Crippen LogP contribution is -2.51. The normalized spacial score (nSPS) is 16.3. The maximum absolute atomic E-state index is 12.3. The van der Waals surface area contributed by atoms with Crippen molar-refractivity contribution < 1.29 is 9.53 Å². The van der Waals surface area contributed by atoms with Gasteiger partial charge in [-0.1, -0.05) is 18.9 Å². The van der Waals surface area contributed by atoms with Gasteiger partial charge in [0.2, 0.25) is 0 Å². The van der Waals surface area contributed by atoms with Crippen molar-refractivity contribution in [1.29, 1.82) is 0 Å². The van der Waals surface area contributed by atoms with E-state index < -0.39 is 0 Å². The van der Waals surface area contributed by atoms with Gasteiger partial charge in [0.25, 0.3) is 5.91 Å². The van der Waals surface area contributed by atoms with Crippen LogP contribution in [-0.2, 0) is 0 Å². The van der Waals surface area contributed by atoms with Crippen LogP contribution in [0.3, 0.4) is 0 Å². The van der Waals surface area contributed by atoms with E-state index in [0.29, 0.717) is 18.7 Å². The molecule has 2 rings (SSSR count). The summed E-state index contributed by atoms with van der Waals surface area (Å²) in [5, 5.41) is 3.11. The molecule has 0 unspecified atom stereocenters. The van der Waals surface area contributed by atoms with E-state index in [4.69, 9.17) is 10.5 Å². The largest absolute Gasteiger partial charge is 0.494 e. The van der Waals surface area contributed by atoms with E-state index in [1.54, 1.807) is 12.1 Å². The minimum Gasteiger partial charge on any atom is -0.494 e. The maximum atomic E-state index is 12.3. The molecule has 0 atom stereocenters. The summed E-state index contributed by atoms with van der Waals surface area (Å²) < 4.78 is 5.41. The van der Waals surface area contributed by atoms with Crippen molar-refractivity contribution >= 4 is 18.3 Å². The summed E-state index contributed by atoms with van der Waals surface area (Å²) in [7, 11) is 0. The molecule has 1 saturated carbocycles. The smallest absolute Gasteiger partial charge is 0.251 e. The molecule has 0 bridgehead atoms. The van der Waals surface area contributed by atoms with Crippen molar-refractivity contribution in [3.63, 3.8) is 0 Å². The van der Waals surface area contributed by atoms with Crippen LogP contribution in [0.5, 0.6) is 5.75 Å². The number of carbonyl (C=O) groups is 1. The van der Waals surface area contributed by atoms with Gasteiger partial charge in [0, 0.05) is 12.1 Å². The number of amides is 1. The first-order valence-electron chi connectivity index (χ1n) is 6.94. The van der Waals surface area contributed by atoms with Crippen LogP contribution >= 0.6 is 12.4 Å². The molecule has 0 heterocycles. The SMILES string of the molecule is CCOc1cccc(C(=O)NC2(CN)CCCC2)c1.Cl. The Labute approximate surface area is 126 Å². The fraction of sp³-hybridized carbons (Fsp3) is 0.533. The van der Waals surface area contributed by atoms with Crippen LogP contribution in [0.25, 0.3) is 0 Å². The molecule has 1 aliphatic rings. The highest BCUT2D eigenvalue weighted by molar-refractivity contribution is 5.95. The first-order chi connectivity index (χ1) is 9.19. The standard InChI is InChI=1S/C15H22N2O2.ClH/c1-2-19-13-7-5-6-12(10-13)14(18)17-15(11-16)8-3-4-9-15;/h5-7,10H,2-4,8-9,11,16H2,1H3,(H,17,18);1H. The molecule has 0 aliphatic heterocycles. The number of benzene rings is 1. The second kappa shape index (κ2) is 7.50. The molecule has 1 fully saturated rings. The summed E-state index contributed by atoms with van der Waals surface area (Å²) in [6.45, 7) is 3.02. The van der Waals surface area contributed by atoms with E-state index in [9.17, 15) is 4.79 Å². The van der Waals surface area contributed by atoms with Crippen molar-refractivity contribution in [3.8, 4) is 5.75 Å². The summed E-state index contributed by atoms with van der Waals surface area (Å²) >= 11 is 0. The monoisotopic (exact) mass is 298 g/mol. The molecule has 1 aliphatic carbocycles. The Kier molecular flexibility index (Phi) is 6.30. The summed E-state index contributed by atoms with van der Waals surface area (Å²) in [4.78, 5) is 12.3. The van der Waals surface area contributed by atoms with E-state index >= 15 is 0 Å². The molecular formula is C15H23ClN2O2. The van der Waals surface area contributed by atoms with Crippen LogP contribution in [0.1, 0.15) is 43.0 Å². The van der Waals surface area contributed by atoms with Crippen LogP contribution in [-0.4, -0.2) is 24.6 Å². The van der Waals surface area contributed by atoms with Gasteiger partial charge in [-0.2, -0.15) is 0 Å². The summed E-state index contributed by atoms with van der Waals surface area (Å²) in [5.74, 6) is 0.664. The predicted octanol–water partition coefficient (Wildman–Crippen LogP) is 2.51. The average molecular weight is 299 g/mol. The number of hydrogen-bond donors (Lipinski definition) is 2. The van der Waals surface area contributed by atoms with Gasteiger partial charge in [0.15, 0.2) is 0 Å². The molecule has 4 nitrogen and oxygen atoms in total. The zero-order valence-corrected chi connectivity index (χ0v) is 12.7. The van der Waals surface area contributed by atoms with Crippen LogP contribution in [0.15, 0.2) is 24.3 Å². The Bertz CT molecular complexity index is 445. The third-order valence-corrected chi connectivity index (χ3v) is 3.74. The number of nitrogens with one attached hydrogen (secondary N) is 1. The average Bonchev–Trinajstić information content (AvgIpc) is 2.88. The fourth-order valence-electron chi connectivity index (χ4n) is 2.64. The molecule has 0 aromatic heterocycles. The first-order valence-corrected chi connectivity index (χ1v) is 6.94. The summed E-state index contributed by atoms with van der Waals surface area (Å²) in [6, 6.07) is 7.27. The first kappa shape index (κ1) is 16.8. The van der Waals surface area contributed by atoms with Crippen molar-refractivity contribution in [3.05, 3.63) is 29.8 Å². The van der Waals surface area contributed by atoms with Gasteiger partial charge < -0.3 is 15.8 Å². The zero-order valence-electron chi connectivity index (χ0n) is 11.9. The Morgan fingerprint density at radius 3 is 2.70 bits per heavy atom. The summed E-state index contributed by atoms with van der Waals surface area (Å²) in [6.07, 6.45) is 4.22.